The minimum absolute atomic E-state index is 0.134. The summed E-state index contributed by atoms with van der Waals surface area (Å²) in [5.74, 6) is -1.68. The van der Waals surface area contributed by atoms with E-state index in [1.807, 2.05) is 6.92 Å². The number of aryl methyl sites for hydroxylation is 1. The number of nitrogens with zero attached hydrogens (tertiary/aromatic N) is 3. The van der Waals surface area contributed by atoms with E-state index >= 15 is 0 Å². The number of benzene rings is 1. The quantitative estimate of drug-likeness (QED) is 0.797. The second-order valence-corrected chi connectivity index (χ2v) is 6.10. The molecule has 3 rings (SSSR count). The fourth-order valence-electron chi connectivity index (χ4n) is 2.54. The number of para-hydroxylation sites is 1. The van der Waals surface area contributed by atoms with Gasteiger partial charge in [-0.15, -0.1) is 0 Å². The molecule has 2 aromatic rings. The third kappa shape index (κ3) is 2.81. The van der Waals surface area contributed by atoms with Crippen LogP contribution in [-0.2, 0) is 20.9 Å². The number of likely N-dealkylation sites (tertiary alicyclic amines) is 1. The molecular weight excluding hydrogens is 321 g/mol. The van der Waals surface area contributed by atoms with Crippen molar-refractivity contribution >= 4 is 39.3 Å². The fraction of sp³-hybridized carbons (Fsp3) is 0.333. The van der Waals surface area contributed by atoms with Crippen molar-refractivity contribution in [1.29, 1.82) is 0 Å². The number of halogens is 1. The number of imide groups is 1. The Hall–Kier alpha value is -2.35. The van der Waals surface area contributed by atoms with Crippen molar-refractivity contribution in [3.05, 3.63) is 28.8 Å². The zero-order chi connectivity index (χ0) is 16.6. The number of hydrogen-bond donors (Lipinski definition) is 0. The van der Waals surface area contributed by atoms with Crippen LogP contribution < -0.4 is 4.80 Å². The average Bonchev–Trinajstić information content (AvgIpc) is 3.02. The van der Waals surface area contributed by atoms with Gasteiger partial charge in [-0.05, 0) is 19.1 Å². The summed E-state index contributed by atoms with van der Waals surface area (Å²) in [6.45, 7) is 1.92. The third-order valence-electron chi connectivity index (χ3n) is 3.64. The zero-order valence-electron chi connectivity index (χ0n) is 12.4. The summed E-state index contributed by atoms with van der Waals surface area (Å²) >= 11 is 1.20. The minimum Gasteiger partial charge on any atom is -0.314 e. The molecule has 120 valence electrons. The van der Waals surface area contributed by atoms with Crippen LogP contribution in [-0.4, -0.2) is 33.7 Å². The van der Waals surface area contributed by atoms with Crippen molar-refractivity contribution in [2.24, 2.45) is 4.99 Å². The van der Waals surface area contributed by atoms with Crippen LogP contribution in [0.1, 0.15) is 19.8 Å². The van der Waals surface area contributed by atoms with Crippen molar-refractivity contribution < 1.29 is 18.8 Å². The van der Waals surface area contributed by atoms with Gasteiger partial charge in [0.2, 0.25) is 11.8 Å². The van der Waals surface area contributed by atoms with Gasteiger partial charge in [0.25, 0.3) is 5.91 Å². The molecule has 0 spiro atoms. The molecule has 0 atom stereocenters. The number of carbonyl (C=O) groups excluding carboxylic acids is 3. The molecule has 23 heavy (non-hydrogen) atoms. The number of amides is 3. The van der Waals surface area contributed by atoms with Gasteiger partial charge in [-0.2, -0.15) is 4.99 Å². The molecule has 0 bridgehead atoms. The number of aromatic nitrogens is 1. The second-order valence-electron chi connectivity index (χ2n) is 5.09. The molecule has 0 saturated carbocycles. The van der Waals surface area contributed by atoms with E-state index in [-0.39, 0.29) is 37.0 Å². The van der Waals surface area contributed by atoms with Crippen LogP contribution in [0.15, 0.2) is 23.2 Å². The predicted octanol–water partition coefficient (Wildman–Crippen LogP) is 1.44. The van der Waals surface area contributed by atoms with E-state index < -0.39 is 5.91 Å². The van der Waals surface area contributed by atoms with Gasteiger partial charge in [0, 0.05) is 19.4 Å². The Kier molecular flexibility index (Phi) is 4.08. The molecule has 0 radical (unpaired) electrons. The maximum absolute atomic E-state index is 14.0. The largest absolute Gasteiger partial charge is 0.314 e. The van der Waals surface area contributed by atoms with Crippen molar-refractivity contribution in [3.63, 3.8) is 0 Å². The number of carbonyl (C=O) groups is 3. The molecule has 2 heterocycles. The van der Waals surface area contributed by atoms with Crippen LogP contribution in [0, 0.1) is 5.82 Å². The van der Waals surface area contributed by atoms with Crippen molar-refractivity contribution in [2.45, 2.75) is 26.3 Å². The van der Waals surface area contributed by atoms with Gasteiger partial charge in [-0.1, -0.05) is 17.4 Å². The summed E-state index contributed by atoms with van der Waals surface area (Å²) in [4.78, 5) is 40.4. The second kappa shape index (κ2) is 6.04. The Morgan fingerprint density at radius 1 is 1.30 bits per heavy atom. The Labute approximate surface area is 134 Å². The molecule has 8 heteroatoms. The minimum atomic E-state index is -0.595. The zero-order valence-corrected chi connectivity index (χ0v) is 13.2. The number of rotatable bonds is 3. The van der Waals surface area contributed by atoms with Gasteiger partial charge in [0.05, 0.1) is 10.2 Å². The number of hydrogen-bond acceptors (Lipinski definition) is 4. The first kappa shape index (κ1) is 15.5. The lowest BCUT2D eigenvalue weighted by Gasteiger charge is -2.10. The molecule has 1 fully saturated rings. The molecule has 1 aliphatic rings. The molecule has 1 aromatic heterocycles. The highest BCUT2D eigenvalue weighted by molar-refractivity contribution is 7.16. The SMILES string of the molecule is CCn1c(=NC(=O)CN2C(=O)CCC2=O)sc2cccc(F)c21. The van der Waals surface area contributed by atoms with Gasteiger partial charge in [0.1, 0.15) is 12.4 Å². The van der Waals surface area contributed by atoms with Gasteiger partial charge in [-0.3, -0.25) is 19.3 Å². The third-order valence-corrected chi connectivity index (χ3v) is 4.68. The Balaban J connectivity index is 1.97. The molecule has 0 aliphatic carbocycles. The van der Waals surface area contributed by atoms with E-state index in [1.165, 1.54) is 17.4 Å². The van der Waals surface area contributed by atoms with E-state index in [9.17, 15) is 18.8 Å². The van der Waals surface area contributed by atoms with E-state index in [2.05, 4.69) is 4.99 Å². The molecule has 0 unspecified atom stereocenters. The van der Waals surface area contributed by atoms with E-state index in [0.717, 1.165) is 4.90 Å². The monoisotopic (exact) mass is 335 g/mol. The van der Waals surface area contributed by atoms with Crippen LogP contribution in [0.2, 0.25) is 0 Å². The number of fused-ring (bicyclic) bond motifs is 1. The highest BCUT2D eigenvalue weighted by atomic mass is 32.1. The summed E-state index contributed by atoms with van der Waals surface area (Å²) in [6, 6.07) is 4.71. The van der Waals surface area contributed by atoms with Crippen LogP contribution in [0.4, 0.5) is 4.39 Å². The molecule has 6 nitrogen and oxygen atoms in total. The van der Waals surface area contributed by atoms with Gasteiger partial charge >= 0.3 is 0 Å². The normalized spacial score (nSPS) is 15.9. The molecular formula is C15H14FN3O3S. The van der Waals surface area contributed by atoms with Gasteiger partial charge in [0.15, 0.2) is 4.80 Å². The topological polar surface area (TPSA) is 71.7 Å². The Bertz CT molecular complexity index is 868. The lowest BCUT2D eigenvalue weighted by molar-refractivity contribution is -0.141. The van der Waals surface area contributed by atoms with Crippen LogP contribution in [0.5, 0.6) is 0 Å². The highest BCUT2D eigenvalue weighted by Crippen LogP contribution is 2.20. The summed E-state index contributed by atoms with van der Waals surface area (Å²) in [5, 5.41) is 0. The maximum atomic E-state index is 14.0. The highest BCUT2D eigenvalue weighted by Gasteiger charge is 2.30. The van der Waals surface area contributed by atoms with E-state index in [4.69, 9.17) is 0 Å². The first-order valence-corrected chi connectivity index (χ1v) is 8.01. The molecule has 1 saturated heterocycles. The van der Waals surface area contributed by atoms with Gasteiger partial charge < -0.3 is 4.57 Å². The van der Waals surface area contributed by atoms with Crippen molar-refractivity contribution in [3.8, 4) is 0 Å². The summed E-state index contributed by atoms with van der Waals surface area (Å²) < 4.78 is 16.3. The van der Waals surface area contributed by atoms with E-state index in [1.54, 1.807) is 16.7 Å². The molecule has 1 aromatic carbocycles. The van der Waals surface area contributed by atoms with Crippen molar-refractivity contribution in [1.82, 2.24) is 9.47 Å². The summed E-state index contributed by atoms with van der Waals surface area (Å²) in [7, 11) is 0. The Morgan fingerprint density at radius 2 is 2.00 bits per heavy atom. The van der Waals surface area contributed by atoms with Crippen LogP contribution in [0.3, 0.4) is 0 Å². The summed E-state index contributed by atoms with van der Waals surface area (Å²) in [5.41, 5.74) is 0.403. The molecule has 1 aliphatic heterocycles. The molecule has 3 amide bonds. The number of thiazole rings is 1. The fourth-order valence-corrected chi connectivity index (χ4v) is 3.67. The Morgan fingerprint density at radius 3 is 2.65 bits per heavy atom. The lowest BCUT2D eigenvalue weighted by atomic mass is 10.3. The predicted molar refractivity (Wildman–Crippen MR) is 82.0 cm³/mol. The van der Waals surface area contributed by atoms with Crippen molar-refractivity contribution in [2.75, 3.05) is 6.54 Å². The first-order valence-electron chi connectivity index (χ1n) is 7.20. The lowest BCUT2D eigenvalue weighted by Crippen LogP contribution is -2.34. The van der Waals surface area contributed by atoms with Crippen LogP contribution in [0.25, 0.3) is 10.2 Å². The average molecular weight is 335 g/mol. The maximum Gasteiger partial charge on any atom is 0.268 e. The molecule has 0 N–H and O–H groups in total. The van der Waals surface area contributed by atoms with Gasteiger partial charge in [-0.25, -0.2) is 4.39 Å². The first-order chi connectivity index (χ1) is 11.0. The van der Waals surface area contributed by atoms with E-state index in [0.29, 0.717) is 21.6 Å². The smallest absolute Gasteiger partial charge is 0.268 e. The van der Waals surface area contributed by atoms with Crippen LogP contribution >= 0.6 is 11.3 Å². The standard InChI is InChI=1S/C15H14FN3O3S/c1-2-18-14-9(16)4-3-5-10(14)23-15(18)17-11(20)8-19-12(21)6-7-13(19)22/h3-5H,2,6-8H2,1H3. The summed E-state index contributed by atoms with van der Waals surface area (Å²) in [6.07, 6.45) is 0.268.